The predicted molar refractivity (Wildman–Crippen MR) is 59.3 cm³/mol. The second kappa shape index (κ2) is 4.60. The van der Waals surface area contributed by atoms with Gasteiger partial charge in [-0.3, -0.25) is 4.90 Å². The fourth-order valence-electron chi connectivity index (χ4n) is 2.75. The van der Waals surface area contributed by atoms with E-state index in [9.17, 15) is 0 Å². The summed E-state index contributed by atoms with van der Waals surface area (Å²) in [5.74, 6) is 0. The maximum Gasteiger partial charge on any atom is 0.0248 e. The van der Waals surface area contributed by atoms with Crippen LogP contribution >= 0.6 is 0 Å². The average molecular weight is 197 g/mol. The monoisotopic (exact) mass is 197 g/mol. The lowest BCUT2D eigenvalue weighted by Crippen LogP contribution is -2.55. The molecule has 0 aromatic rings. The van der Waals surface area contributed by atoms with Gasteiger partial charge in [-0.15, -0.1) is 0 Å². The van der Waals surface area contributed by atoms with Gasteiger partial charge in [-0.2, -0.15) is 0 Å². The maximum absolute atomic E-state index is 6.19. The van der Waals surface area contributed by atoms with Gasteiger partial charge in [0.15, 0.2) is 0 Å². The summed E-state index contributed by atoms with van der Waals surface area (Å²) in [5.41, 5.74) is 6.19. The van der Waals surface area contributed by atoms with Crippen LogP contribution in [0.2, 0.25) is 0 Å². The lowest BCUT2D eigenvalue weighted by Gasteiger charge is -2.42. The molecule has 3 nitrogen and oxygen atoms in total. The summed E-state index contributed by atoms with van der Waals surface area (Å²) >= 11 is 0. The number of nitrogens with zero attached hydrogens (tertiary/aromatic N) is 2. The average Bonchev–Trinajstić information content (AvgIpc) is 2.20. The summed E-state index contributed by atoms with van der Waals surface area (Å²) in [5, 5.41) is 0. The predicted octanol–water partition coefficient (Wildman–Crippen LogP) is 0.504. The Balaban J connectivity index is 1.87. The highest BCUT2D eigenvalue weighted by atomic mass is 15.3. The lowest BCUT2D eigenvalue weighted by molar-refractivity contribution is 0.0804. The molecule has 1 heterocycles. The van der Waals surface area contributed by atoms with E-state index < -0.39 is 0 Å². The molecule has 0 aromatic carbocycles. The quantitative estimate of drug-likeness (QED) is 0.664. The summed E-state index contributed by atoms with van der Waals surface area (Å²) in [6, 6.07) is 1.12. The Kier molecular flexibility index (Phi) is 3.42. The largest absolute Gasteiger partial charge is 0.326 e. The van der Waals surface area contributed by atoms with E-state index in [0.717, 1.165) is 0 Å². The Labute approximate surface area is 87.2 Å². The Morgan fingerprint density at radius 2 is 1.64 bits per heavy atom. The van der Waals surface area contributed by atoms with Crippen LogP contribution < -0.4 is 5.73 Å². The first-order chi connectivity index (χ1) is 6.77. The second-order valence-electron chi connectivity index (χ2n) is 4.85. The van der Waals surface area contributed by atoms with Gasteiger partial charge in [-0.05, 0) is 19.9 Å². The molecule has 2 atom stereocenters. The van der Waals surface area contributed by atoms with Crippen molar-refractivity contribution in [2.45, 2.75) is 37.8 Å². The Morgan fingerprint density at radius 1 is 1.00 bits per heavy atom. The molecular weight excluding hydrogens is 174 g/mol. The van der Waals surface area contributed by atoms with Crippen molar-refractivity contribution in [3.8, 4) is 0 Å². The van der Waals surface area contributed by atoms with Gasteiger partial charge in [0, 0.05) is 38.3 Å². The summed E-state index contributed by atoms with van der Waals surface area (Å²) in [6.45, 7) is 4.86. The number of piperazine rings is 1. The van der Waals surface area contributed by atoms with Gasteiger partial charge in [0.25, 0.3) is 0 Å². The van der Waals surface area contributed by atoms with Crippen molar-refractivity contribution < 1.29 is 0 Å². The molecule has 0 spiro atoms. The van der Waals surface area contributed by atoms with Gasteiger partial charge < -0.3 is 10.6 Å². The first-order valence-corrected chi connectivity index (χ1v) is 5.95. The third-order valence-corrected chi connectivity index (χ3v) is 3.79. The van der Waals surface area contributed by atoms with Crippen LogP contribution in [0.1, 0.15) is 25.7 Å². The fourth-order valence-corrected chi connectivity index (χ4v) is 2.75. The normalized spacial score (nSPS) is 37.3. The van der Waals surface area contributed by atoms with E-state index in [2.05, 4.69) is 16.8 Å². The van der Waals surface area contributed by atoms with Crippen molar-refractivity contribution in [3.63, 3.8) is 0 Å². The minimum atomic E-state index is 0.437. The minimum absolute atomic E-state index is 0.437. The van der Waals surface area contributed by atoms with Gasteiger partial charge in [-0.1, -0.05) is 12.8 Å². The molecule has 1 saturated heterocycles. The van der Waals surface area contributed by atoms with Gasteiger partial charge in [-0.25, -0.2) is 0 Å². The fraction of sp³-hybridized carbons (Fsp3) is 1.00. The van der Waals surface area contributed by atoms with E-state index in [1.54, 1.807) is 0 Å². The minimum Gasteiger partial charge on any atom is -0.326 e. The number of nitrogens with two attached hydrogens (primary N) is 1. The van der Waals surface area contributed by atoms with E-state index in [1.165, 1.54) is 51.9 Å². The molecule has 0 bridgehead atoms. The van der Waals surface area contributed by atoms with Gasteiger partial charge in [0.2, 0.25) is 0 Å². The van der Waals surface area contributed by atoms with Crippen molar-refractivity contribution in [1.29, 1.82) is 0 Å². The first kappa shape index (κ1) is 10.4. The highest BCUT2D eigenvalue weighted by molar-refractivity contribution is 4.87. The van der Waals surface area contributed by atoms with Crippen molar-refractivity contribution in [2.24, 2.45) is 5.73 Å². The van der Waals surface area contributed by atoms with Crippen LogP contribution in [0.3, 0.4) is 0 Å². The second-order valence-corrected chi connectivity index (χ2v) is 4.85. The highest BCUT2D eigenvalue weighted by Gasteiger charge is 2.28. The molecule has 2 fully saturated rings. The molecule has 1 saturated carbocycles. The van der Waals surface area contributed by atoms with Crippen LogP contribution in [0.4, 0.5) is 0 Å². The smallest absolute Gasteiger partial charge is 0.0248 e. The van der Waals surface area contributed by atoms with Gasteiger partial charge in [0.1, 0.15) is 0 Å². The van der Waals surface area contributed by atoms with E-state index in [-0.39, 0.29) is 0 Å². The summed E-state index contributed by atoms with van der Waals surface area (Å²) in [6.07, 6.45) is 5.28. The Morgan fingerprint density at radius 3 is 2.29 bits per heavy atom. The van der Waals surface area contributed by atoms with Gasteiger partial charge in [0.05, 0.1) is 0 Å². The van der Waals surface area contributed by atoms with E-state index in [0.29, 0.717) is 12.1 Å². The zero-order chi connectivity index (χ0) is 9.97. The molecule has 0 unspecified atom stereocenters. The molecule has 3 heteroatoms. The third kappa shape index (κ3) is 2.27. The molecular formula is C11H23N3. The van der Waals surface area contributed by atoms with Gasteiger partial charge >= 0.3 is 0 Å². The number of rotatable bonds is 1. The standard InChI is InChI=1S/C11H23N3/c1-13-6-8-14(9-7-13)11-5-3-2-4-10(11)12/h10-11H,2-9,12H2,1H3/t10-,11+/m1/s1. The molecule has 2 rings (SSSR count). The van der Waals surface area contributed by atoms with E-state index >= 15 is 0 Å². The highest BCUT2D eigenvalue weighted by Crippen LogP contribution is 2.22. The lowest BCUT2D eigenvalue weighted by atomic mass is 9.89. The zero-order valence-corrected chi connectivity index (χ0v) is 9.28. The van der Waals surface area contributed by atoms with Crippen LogP contribution in [0.5, 0.6) is 0 Å². The molecule has 1 aliphatic heterocycles. The SMILES string of the molecule is CN1CCN([C@H]2CCCC[C@H]2N)CC1. The summed E-state index contributed by atoms with van der Waals surface area (Å²) in [4.78, 5) is 5.02. The van der Waals surface area contributed by atoms with Crippen molar-refractivity contribution in [3.05, 3.63) is 0 Å². The van der Waals surface area contributed by atoms with Crippen LogP contribution in [-0.4, -0.2) is 55.1 Å². The number of hydrogen-bond donors (Lipinski definition) is 1. The van der Waals surface area contributed by atoms with E-state index in [1.807, 2.05) is 0 Å². The van der Waals surface area contributed by atoms with Crippen molar-refractivity contribution in [2.75, 3.05) is 33.2 Å². The molecule has 0 aromatic heterocycles. The molecule has 82 valence electrons. The van der Waals surface area contributed by atoms with Crippen LogP contribution in [0.25, 0.3) is 0 Å². The molecule has 0 radical (unpaired) electrons. The number of likely N-dealkylation sites (N-methyl/N-ethyl adjacent to an activating group) is 1. The molecule has 0 amide bonds. The Hall–Kier alpha value is -0.120. The summed E-state index contributed by atoms with van der Waals surface area (Å²) < 4.78 is 0. The summed E-state index contributed by atoms with van der Waals surface area (Å²) in [7, 11) is 2.21. The van der Waals surface area contributed by atoms with E-state index in [4.69, 9.17) is 5.73 Å². The van der Waals surface area contributed by atoms with Crippen LogP contribution in [0, 0.1) is 0 Å². The Bertz CT molecular complexity index is 175. The number of hydrogen-bond acceptors (Lipinski definition) is 3. The van der Waals surface area contributed by atoms with Crippen molar-refractivity contribution >= 4 is 0 Å². The van der Waals surface area contributed by atoms with Crippen molar-refractivity contribution in [1.82, 2.24) is 9.80 Å². The molecule has 2 aliphatic rings. The van der Waals surface area contributed by atoms with Crippen LogP contribution in [-0.2, 0) is 0 Å². The molecule has 14 heavy (non-hydrogen) atoms. The third-order valence-electron chi connectivity index (χ3n) is 3.79. The molecule has 2 N–H and O–H groups in total. The maximum atomic E-state index is 6.19. The first-order valence-electron chi connectivity index (χ1n) is 5.95. The zero-order valence-electron chi connectivity index (χ0n) is 9.28. The molecule has 1 aliphatic carbocycles. The topological polar surface area (TPSA) is 32.5 Å². The van der Waals surface area contributed by atoms with Crippen LogP contribution in [0.15, 0.2) is 0 Å².